The van der Waals surface area contributed by atoms with Gasteiger partial charge in [0.25, 0.3) is 0 Å². The molecule has 0 amide bonds. The minimum Gasteiger partial charge on any atom is -0.304 e. The lowest BCUT2D eigenvalue weighted by atomic mass is 10.2. The molecule has 0 fully saturated rings. The van der Waals surface area contributed by atoms with Gasteiger partial charge in [0.05, 0.1) is 12.1 Å². The SMILES string of the molecule is CCN(CC)CCCCCNC(C)C#N. The van der Waals surface area contributed by atoms with Gasteiger partial charge >= 0.3 is 0 Å². The van der Waals surface area contributed by atoms with Crippen molar-refractivity contribution in [2.75, 3.05) is 26.2 Å². The lowest BCUT2D eigenvalue weighted by Crippen LogP contribution is -2.26. The summed E-state index contributed by atoms with van der Waals surface area (Å²) in [6.45, 7) is 10.8. The molecule has 0 aromatic carbocycles. The molecule has 0 saturated carbocycles. The zero-order chi connectivity index (χ0) is 11.5. The quantitative estimate of drug-likeness (QED) is 0.593. The van der Waals surface area contributed by atoms with Crippen molar-refractivity contribution in [2.45, 2.75) is 46.1 Å². The topological polar surface area (TPSA) is 39.1 Å². The number of hydrogen-bond acceptors (Lipinski definition) is 3. The first-order valence-corrected chi connectivity index (χ1v) is 6.09. The first kappa shape index (κ1) is 14.4. The Kier molecular flexibility index (Phi) is 9.55. The molecule has 3 nitrogen and oxygen atoms in total. The molecule has 0 bridgehead atoms. The maximum absolute atomic E-state index is 8.55. The predicted octanol–water partition coefficient (Wildman–Crippen LogP) is 2.00. The molecule has 0 saturated heterocycles. The summed E-state index contributed by atoms with van der Waals surface area (Å²) >= 11 is 0. The summed E-state index contributed by atoms with van der Waals surface area (Å²) in [6, 6.07) is 2.17. The molecule has 1 atom stereocenters. The summed E-state index contributed by atoms with van der Waals surface area (Å²) < 4.78 is 0. The van der Waals surface area contributed by atoms with Crippen LogP contribution in [-0.4, -0.2) is 37.1 Å². The van der Waals surface area contributed by atoms with Crippen molar-refractivity contribution in [3.8, 4) is 6.07 Å². The highest BCUT2D eigenvalue weighted by atomic mass is 15.1. The zero-order valence-corrected chi connectivity index (χ0v) is 10.4. The molecule has 0 aromatic rings. The van der Waals surface area contributed by atoms with Gasteiger partial charge in [0.1, 0.15) is 0 Å². The van der Waals surface area contributed by atoms with Crippen molar-refractivity contribution in [1.82, 2.24) is 10.2 Å². The summed E-state index contributed by atoms with van der Waals surface area (Å²) in [4.78, 5) is 2.45. The molecule has 0 aromatic heterocycles. The van der Waals surface area contributed by atoms with Crippen molar-refractivity contribution in [1.29, 1.82) is 5.26 Å². The molecule has 0 heterocycles. The summed E-state index contributed by atoms with van der Waals surface area (Å²) in [6.07, 6.45) is 3.69. The molecule has 15 heavy (non-hydrogen) atoms. The van der Waals surface area contributed by atoms with Crippen molar-refractivity contribution in [3.05, 3.63) is 0 Å². The Morgan fingerprint density at radius 1 is 1.20 bits per heavy atom. The average molecular weight is 211 g/mol. The molecule has 0 spiro atoms. The normalized spacial score (nSPS) is 12.7. The van der Waals surface area contributed by atoms with Crippen LogP contribution in [0.3, 0.4) is 0 Å². The fraction of sp³-hybridized carbons (Fsp3) is 0.917. The molecule has 0 aliphatic carbocycles. The third-order valence-electron chi connectivity index (χ3n) is 2.69. The monoisotopic (exact) mass is 211 g/mol. The van der Waals surface area contributed by atoms with Crippen molar-refractivity contribution in [3.63, 3.8) is 0 Å². The summed E-state index contributed by atoms with van der Waals surface area (Å²) in [5.74, 6) is 0. The Balaban J connectivity index is 3.21. The van der Waals surface area contributed by atoms with Gasteiger partial charge in [-0.3, -0.25) is 0 Å². The van der Waals surface area contributed by atoms with E-state index in [2.05, 4.69) is 30.1 Å². The van der Waals surface area contributed by atoms with Crippen LogP contribution in [0.5, 0.6) is 0 Å². The zero-order valence-electron chi connectivity index (χ0n) is 10.4. The van der Waals surface area contributed by atoms with E-state index in [0.29, 0.717) is 0 Å². The largest absolute Gasteiger partial charge is 0.304 e. The van der Waals surface area contributed by atoms with E-state index in [4.69, 9.17) is 5.26 Å². The van der Waals surface area contributed by atoms with Crippen LogP contribution in [0.25, 0.3) is 0 Å². The summed E-state index contributed by atoms with van der Waals surface area (Å²) in [7, 11) is 0. The highest BCUT2D eigenvalue weighted by molar-refractivity contribution is 4.84. The van der Waals surface area contributed by atoms with E-state index in [-0.39, 0.29) is 6.04 Å². The van der Waals surface area contributed by atoms with E-state index in [1.54, 1.807) is 0 Å². The van der Waals surface area contributed by atoms with E-state index in [1.165, 1.54) is 25.8 Å². The number of nitriles is 1. The van der Waals surface area contributed by atoms with Crippen LogP contribution in [0.2, 0.25) is 0 Å². The van der Waals surface area contributed by atoms with Crippen molar-refractivity contribution >= 4 is 0 Å². The number of nitrogens with one attached hydrogen (secondary N) is 1. The third kappa shape index (κ3) is 8.41. The maximum Gasteiger partial charge on any atom is 0.0924 e. The van der Waals surface area contributed by atoms with Crippen LogP contribution in [0.4, 0.5) is 0 Å². The molecular weight excluding hydrogens is 186 g/mol. The molecule has 0 aliphatic rings. The second-order valence-corrected chi connectivity index (χ2v) is 3.89. The van der Waals surface area contributed by atoms with Gasteiger partial charge < -0.3 is 10.2 Å². The molecule has 1 unspecified atom stereocenters. The molecule has 0 radical (unpaired) electrons. The van der Waals surface area contributed by atoms with Gasteiger partial charge in [0, 0.05) is 0 Å². The van der Waals surface area contributed by atoms with Crippen LogP contribution >= 0.6 is 0 Å². The van der Waals surface area contributed by atoms with Crippen molar-refractivity contribution in [2.24, 2.45) is 0 Å². The van der Waals surface area contributed by atoms with Gasteiger partial charge in [-0.1, -0.05) is 20.3 Å². The van der Waals surface area contributed by atoms with Gasteiger partial charge in [0.15, 0.2) is 0 Å². The van der Waals surface area contributed by atoms with E-state index >= 15 is 0 Å². The maximum atomic E-state index is 8.55. The van der Waals surface area contributed by atoms with Crippen LogP contribution in [0.15, 0.2) is 0 Å². The fourth-order valence-electron chi connectivity index (χ4n) is 1.54. The van der Waals surface area contributed by atoms with Gasteiger partial charge in [-0.15, -0.1) is 0 Å². The number of unbranched alkanes of at least 4 members (excludes halogenated alkanes) is 2. The minimum absolute atomic E-state index is 0.00668. The Morgan fingerprint density at radius 3 is 2.40 bits per heavy atom. The van der Waals surface area contributed by atoms with Crippen LogP contribution in [0.1, 0.15) is 40.0 Å². The van der Waals surface area contributed by atoms with Gasteiger partial charge in [-0.05, 0) is 45.9 Å². The Bertz CT molecular complexity index is 170. The summed E-state index contributed by atoms with van der Waals surface area (Å²) in [5.41, 5.74) is 0. The van der Waals surface area contributed by atoms with Gasteiger partial charge in [-0.25, -0.2) is 0 Å². The van der Waals surface area contributed by atoms with E-state index < -0.39 is 0 Å². The van der Waals surface area contributed by atoms with Crippen LogP contribution in [-0.2, 0) is 0 Å². The van der Waals surface area contributed by atoms with E-state index in [9.17, 15) is 0 Å². The first-order chi connectivity index (χ1) is 7.24. The molecule has 3 heteroatoms. The molecule has 0 rings (SSSR count). The third-order valence-corrected chi connectivity index (χ3v) is 2.69. The van der Waals surface area contributed by atoms with Crippen LogP contribution in [0, 0.1) is 11.3 Å². The van der Waals surface area contributed by atoms with Gasteiger partial charge in [-0.2, -0.15) is 5.26 Å². The molecule has 1 N–H and O–H groups in total. The second-order valence-electron chi connectivity index (χ2n) is 3.89. The Labute approximate surface area is 94.5 Å². The first-order valence-electron chi connectivity index (χ1n) is 6.09. The number of rotatable bonds is 9. The smallest absolute Gasteiger partial charge is 0.0924 e. The Hall–Kier alpha value is -0.590. The minimum atomic E-state index is -0.00668. The highest BCUT2D eigenvalue weighted by Crippen LogP contribution is 1.98. The molecule has 88 valence electrons. The fourth-order valence-corrected chi connectivity index (χ4v) is 1.54. The molecular formula is C12H25N3. The number of nitrogens with zero attached hydrogens (tertiary/aromatic N) is 2. The average Bonchev–Trinajstić information content (AvgIpc) is 2.28. The molecule has 0 aliphatic heterocycles. The van der Waals surface area contributed by atoms with Crippen molar-refractivity contribution < 1.29 is 0 Å². The van der Waals surface area contributed by atoms with Gasteiger partial charge in [0.2, 0.25) is 0 Å². The predicted molar refractivity (Wildman–Crippen MR) is 64.7 cm³/mol. The lowest BCUT2D eigenvalue weighted by molar-refractivity contribution is 0.295. The van der Waals surface area contributed by atoms with Crippen LogP contribution < -0.4 is 5.32 Å². The second kappa shape index (κ2) is 9.95. The van der Waals surface area contributed by atoms with E-state index in [0.717, 1.165) is 19.6 Å². The Morgan fingerprint density at radius 2 is 1.87 bits per heavy atom. The summed E-state index contributed by atoms with van der Waals surface area (Å²) in [5, 5.41) is 11.7. The lowest BCUT2D eigenvalue weighted by Gasteiger charge is -2.17. The van der Waals surface area contributed by atoms with E-state index in [1.807, 2.05) is 6.92 Å². The number of hydrogen-bond donors (Lipinski definition) is 1. The standard InChI is InChI=1S/C12H25N3/c1-4-15(5-2)10-8-6-7-9-14-12(3)11-13/h12,14H,4-10H2,1-3H3. The highest BCUT2D eigenvalue weighted by Gasteiger charge is 1.99.